The summed E-state index contributed by atoms with van der Waals surface area (Å²) in [5, 5.41) is 6.98. The van der Waals surface area contributed by atoms with E-state index < -0.39 is 11.7 Å². The summed E-state index contributed by atoms with van der Waals surface area (Å²) in [5.74, 6) is 0. The fourth-order valence-electron chi connectivity index (χ4n) is 1.07. The minimum Gasteiger partial charge on any atom is -0.326 e. The molecule has 0 aliphatic carbocycles. The summed E-state index contributed by atoms with van der Waals surface area (Å²) < 4.78 is 37.3. The molecule has 1 atom stereocenters. The summed E-state index contributed by atoms with van der Waals surface area (Å²) >= 11 is 11.4. The molecule has 18 heavy (non-hydrogen) atoms. The summed E-state index contributed by atoms with van der Waals surface area (Å²) in [4.78, 5) is 0. The molecule has 0 fully saturated rings. The van der Waals surface area contributed by atoms with E-state index in [1.54, 1.807) is 6.92 Å². The molecule has 1 unspecified atom stereocenters. The van der Waals surface area contributed by atoms with Crippen LogP contribution in [0.15, 0.2) is 22.4 Å². The quantitative estimate of drug-likeness (QED) is 0.824. The molecule has 100 valence electrons. The third kappa shape index (κ3) is 4.12. The molecular formula is C10H10Cl2F3N3. The monoisotopic (exact) mass is 299 g/mol. The second kappa shape index (κ2) is 5.86. The standard InChI is InChI=1S/C10H10Cl2F3N3/c1-5(16)4-17-18-9-7(11)2-6(3-8(9)12)10(13,14)15/h2-3,5H,4,16H2,1H3. The molecule has 2 N–H and O–H groups in total. The van der Waals surface area contributed by atoms with Crippen LogP contribution in [0.1, 0.15) is 12.5 Å². The number of rotatable bonds is 3. The molecule has 8 heteroatoms. The lowest BCUT2D eigenvalue weighted by Gasteiger charge is -2.09. The highest BCUT2D eigenvalue weighted by atomic mass is 35.5. The van der Waals surface area contributed by atoms with E-state index in [2.05, 4.69) is 10.2 Å². The van der Waals surface area contributed by atoms with Crippen LogP contribution in [0.2, 0.25) is 10.0 Å². The van der Waals surface area contributed by atoms with Crippen LogP contribution in [-0.2, 0) is 6.18 Å². The van der Waals surface area contributed by atoms with Crippen LogP contribution < -0.4 is 5.73 Å². The van der Waals surface area contributed by atoms with Gasteiger partial charge in [-0.2, -0.15) is 23.4 Å². The molecule has 0 aliphatic heterocycles. The summed E-state index contributed by atoms with van der Waals surface area (Å²) in [7, 11) is 0. The van der Waals surface area contributed by atoms with Crippen molar-refractivity contribution >= 4 is 28.9 Å². The number of hydrogen-bond acceptors (Lipinski definition) is 3. The van der Waals surface area contributed by atoms with Gasteiger partial charge in [0, 0.05) is 6.04 Å². The topological polar surface area (TPSA) is 50.7 Å². The fourth-order valence-corrected chi connectivity index (χ4v) is 1.63. The highest BCUT2D eigenvalue weighted by molar-refractivity contribution is 6.38. The van der Waals surface area contributed by atoms with Crippen LogP contribution in [0.3, 0.4) is 0 Å². The number of alkyl halides is 3. The van der Waals surface area contributed by atoms with Crippen molar-refractivity contribution in [1.29, 1.82) is 0 Å². The second-order valence-electron chi connectivity index (χ2n) is 3.69. The van der Waals surface area contributed by atoms with Crippen molar-refractivity contribution in [2.45, 2.75) is 19.1 Å². The molecule has 0 aromatic heterocycles. The number of hydrogen-bond donors (Lipinski definition) is 1. The van der Waals surface area contributed by atoms with Crippen molar-refractivity contribution in [3.05, 3.63) is 27.7 Å². The number of nitrogens with zero attached hydrogens (tertiary/aromatic N) is 2. The van der Waals surface area contributed by atoms with E-state index in [-0.39, 0.29) is 28.3 Å². The maximum Gasteiger partial charge on any atom is 0.416 e. The van der Waals surface area contributed by atoms with Crippen LogP contribution >= 0.6 is 23.2 Å². The first kappa shape index (κ1) is 15.2. The summed E-state index contributed by atoms with van der Waals surface area (Å²) in [6.45, 7) is 1.95. The van der Waals surface area contributed by atoms with Gasteiger partial charge >= 0.3 is 6.18 Å². The predicted octanol–water partition coefficient (Wildman–Crippen LogP) is 4.44. The molecule has 0 spiro atoms. The largest absolute Gasteiger partial charge is 0.416 e. The third-order valence-electron chi connectivity index (χ3n) is 1.88. The normalized spacial score (nSPS) is 14.2. The SMILES string of the molecule is CC(N)CN=Nc1c(Cl)cc(C(F)(F)F)cc1Cl. The zero-order chi connectivity index (χ0) is 13.9. The highest BCUT2D eigenvalue weighted by Gasteiger charge is 2.32. The Kier molecular flexibility index (Phi) is 4.95. The third-order valence-corrected chi connectivity index (χ3v) is 2.46. The van der Waals surface area contributed by atoms with Gasteiger partial charge in [-0.25, -0.2) is 0 Å². The predicted molar refractivity (Wildman–Crippen MR) is 64.5 cm³/mol. The van der Waals surface area contributed by atoms with Crippen molar-refractivity contribution in [2.75, 3.05) is 6.54 Å². The van der Waals surface area contributed by atoms with Crippen molar-refractivity contribution in [3.63, 3.8) is 0 Å². The zero-order valence-corrected chi connectivity index (χ0v) is 10.8. The van der Waals surface area contributed by atoms with E-state index >= 15 is 0 Å². The molecule has 1 aromatic carbocycles. The van der Waals surface area contributed by atoms with Gasteiger partial charge < -0.3 is 5.73 Å². The Labute approximate surface area is 112 Å². The molecule has 0 amide bonds. The summed E-state index contributed by atoms with van der Waals surface area (Å²) in [6, 6.07) is 1.31. The first-order valence-corrected chi connectivity index (χ1v) is 5.66. The van der Waals surface area contributed by atoms with E-state index in [4.69, 9.17) is 28.9 Å². The average Bonchev–Trinajstić information content (AvgIpc) is 2.20. The molecule has 0 saturated heterocycles. The van der Waals surface area contributed by atoms with Crippen LogP contribution in [0.5, 0.6) is 0 Å². The molecule has 0 heterocycles. The van der Waals surface area contributed by atoms with Crippen LogP contribution in [0, 0.1) is 0 Å². The van der Waals surface area contributed by atoms with Crippen LogP contribution in [0.25, 0.3) is 0 Å². The fraction of sp³-hybridized carbons (Fsp3) is 0.400. The maximum absolute atomic E-state index is 12.4. The van der Waals surface area contributed by atoms with Crippen LogP contribution in [0.4, 0.5) is 18.9 Å². The molecule has 0 bridgehead atoms. The Morgan fingerprint density at radius 2 is 1.78 bits per heavy atom. The highest BCUT2D eigenvalue weighted by Crippen LogP contribution is 2.39. The van der Waals surface area contributed by atoms with E-state index in [0.29, 0.717) is 0 Å². The number of azo groups is 1. The lowest BCUT2D eigenvalue weighted by molar-refractivity contribution is -0.137. The average molecular weight is 300 g/mol. The van der Waals surface area contributed by atoms with Gasteiger partial charge in [0.1, 0.15) is 5.69 Å². The minimum atomic E-state index is -4.51. The van der Waals surface area contributed by atoms with Gasteiger partial charge in [0.2, 0.25) is 0 Å². The Hall–Kier alpha value is -0.850. The van der Waals surface area contributed by atoms with Crippen molar-refractivity contribution in [1.82, 2.24) is 0 Å². The Morgan fingerprint density at radius 3 is 2.17 bits per heavy atom. The lowest BCUT2D eigenvalue weighted by atomic mass is 10.2. The van der Waals surface area contributed by atoms with Crippen molar-refractivity contribution in [3.8, 4) is 0 Å². The maximum atomic E-state index is 12.4. The van der Waals surface area contributed by atoms with E-state index in [9.17, 15) is 13.2 Å². The molecule has 3 nitrogen and oxygen atoms in total. The van der Waals surface area contributed by atoms with Gasteiger partial charge in [-0.15, -0.1) is 0 Å². The van der Waals surface area contributed by atoms with Gasteiger partial charge in [-0.3, -0.25) is 0 Å². The molecule has 0 saturated carbocycles. The van der Waals surface area contributed by atoms with E-state index in [1.807, 2.05) is 0 Å². The first-order valence-electron chi connectivity index (χ1n) is 4.91. The molecular weight excluding hydrogens is 290 g/mol. The minimum absolute atomic E-state index is 0.00647. The summed E-state index contributed by atoms with van der Waals surface area (Å²) in [5.41, 5.74) is 4.52. The van der Waals surface area contributed by atoms with E-state index in [0.717, 1.165) is 12.1 Å². The van der Waals surface area contributed by atoms with Gasteiger partial charge in [-0.1, -0.05) is 23.2 Å². The van der Waals surface area contributed by atoms with Crippen LogP contribution in [-0.4, -0.2) is 12.6 Å². The molecule has 0 aliphatic rings. The van der Waals surface area contributed by atoms with E-state index in [1.165, 1.54) is 0 Å². The first-order chi connectivity index (χ1) is 8.21. The molecule has 1 rings (SSSR count). The van der Waals surface area contributed by atoms with Gasteiger partial charge in [0.05, 0.1) is 22.2 Å². The van der Waals surface area contributed by atoms with Crippen molar-refractivity contribution in [2.24, 2.45) is 16.0 Å². The zero-order valence-electron chi connectivity index (χ0n) is 9.30. The number of halogens is 5. The molecule has 0 radical (unpaired) electrons. The van der Waals surface area contributed by atoms with Crippen molar-refractivity contribution < 1.29 is 13.2 Å². The Bertz CT molecular complexity index is 435. The Morgan fingerprint density at radius 1 is 1.28 bits per heavy atom. The lowest BCUT2D eigenvalue weighted by Crippen LogP contribution is -2.17. The van der Waals surface area contributed by atoms with Gasteiger partial charge in [-0.05, 0) is 19.1 Å². The smallest absolute Gasteiger partial charge is 0.326 e. The Balaban J connectivity index is 3.06. The molecule has 1 aromatic rings. The second-order valence-corrected chi connectivity index (χ2v) is 4.50. The number of nitrogens with two attached hydrogens (primary N) is 1. The van der Waals surface area contributed by atoms with Gasteiger partial charge in [0.25, 0.3) is 0 Å². The summed E-state index contributed by atoms with van der Waals surface area (Å²) in [6.07, 6.45) is -4.51. The number of benzene rings is 1. The van der Waals surface area contributed by atoms with Gasteiger partial charge in [0.15, 0.2) is 0 Å².